The molecule has 0 saturated carbocycles. The summed E-state index contributed by atoms with van der Waals surface area (Å²) in [6, 6.07) is 5.31. The highest BCUT2D eigenvalue weighted by Crippen LogP contribution is 2.13. The molecule has 0 aromatic carbocycles. The van der Waals surface area contributed by atoms with Crippen LogP contribution in [0.25, 0.3) is 0 Å². The average molecular weight is 271 g/mol. The van der Waals surface area contributed by atoms with Crippen LogP contribution in [0.2, 0.25) is 0 Å². The van der Waals surface area contributed by atoms with Crippen molar-refractivity contribution in [1.29, 1.82) is 0 Å². The zero-order valence-corrected chi connectivity index (χ0v) is 10.6. The van der Waals surface area contributed by atoms with Gasteiger partial charge in [0.05, 0.1) is 4.90 Å². The van der Waals surface area contributed by atoms with E-state index >= 15 is 0 Å². The van der Waals surface area contributed by atoms with Crippen molar-refractivity contribution in [3.8, 4) is 0 Å². The van der Waals surface area contributed by atoms with Crippen LogP contribution in [0.5, 0.6) is 0 Å². The van der Waals surface area contributed by atoms with Gasteiger partial charge in [0.1, 0.15) is 0 Å². The van der Waals surface area contributed by atoms with Crippen molar-refractivity contribution in [3.63, 3.8) is 0 Å². The third-order valence-corrected chi connectivity index (χ3v) is 4.52. The van der Waals surface area contributed by atoms with E-state index in [-0.39, 0.29) is 4.90 Å². The topological polar surface area (TPSA) is 88.0 Å². The molecule has 5 nitrogen and oxygen atoms in total. The Morgan fingerprint density at radius 3 is 2.88 bits per heavy atom. The maximum Gasteiger partial charge on any atom is 0.242 e. The Balaban J connectivity index is 2.08. The summed E-state index contributed by atoms with van der Waals surface area (Å²) in [5, 5.41) is 1.91. The van der Waals surface area contributed by atoms with Crippen LogP contribution in [0.4, 0.5) is 0 Å². The molecule has 2 aromatic rings. The van der Waals surface area contributed by atoms with Gasteiger partial charge in [-0.25, -0.2) is 13.1 Å². The van der Waals surface area contributed by atoms with Gasteiger partial charge in [-0.3, -0.25) is 0 Å². The van der Waals surface area contributed by atoms with E-state index < -0.39 is 10.0 Å². The van der Waals surface area contributed by atoms with E-state index in [2.05, 4.69) is 9.71 Å². The lowest BCUT2D eigenvalue weighted by molar-refractivity contribution is 0.582. The van der Waals surface area contributed by atoms with Crippen molar-refractivity contribution < 1.29 is 8.42 Å². The zero-order chi connectivity index (χ0) is 12.3. The quantitative estimate of drug-likeness (QED) is 0.758. The number of H-pyrrole nitrogens is 1. The lowest BCUT2D eigenvalue weighted by Gasteiger charge is -2.02. The third kappa shape index (κ3) is 2.95. The first-order valence-corrected chi connectivity index (χ1v) is 7.37. The van der Waals surface area contributed by atoms with Crippen LogP contribution in [-0.2, 0) is 23.1 Å². The van der Waals surface area contributed by atoms with Gasteiger partial charge >= 0.3 is 0 Å². The molecule has 0 aliphatic carbocycles. The summed E-state index contributed by atoms with van der Waals surface area (Å²) < 4.78 is 26.3. The summed E-state index contributed by atoms with van der Waals surface area (Å²) in [7, 11) is -3.46. The maximum absolute atomic E-state index is 11.9. The molecule has 7 heteroatoms. The molecule has 0 radical (unpaired) electrons. The lowest BCUT2D eigenvalue weighted by Crippen LogP contribution is -2.22. The molecule has 2 rings (SSSR count). The minimum atomic E-state index is -3.46. The molecule has 0 spiro atoms. The first-order chi connectivity index (χ1) is 8.12. The minimum Gasteiger partial charge on any atom is -0.363 e. The van der Waals surface area contributed by atoms with Gasteiger partial charge in [0, 0.05) is 29.9 Å². The molecule has 92 valence electrons. The smallest absolute Gasteiger partial charge is 0.242 e. The van der Waals surface area contributed by atoms with Crippen molar-refractivity contribution in [1.82, 2.24) is 9.71 Å². The third-order valence-electron chi connectivity index (χ3n) is 2.26. The summed E-state index contributed by atoms with van der Waals surface area (Å²) >= 11 is 1.51. The summed E-state index contributed by atoms with van der Waals surface area (Å²) in [5.41, 5.74) is 6.11. The van der Waals surface area contributed by atoms with Gasteiger partial charge in [0.15, 0.2) is 0 Å². The summed E-state index contributed by atoms with van der Waals surface area (Å²) in [4.78, 5) is 4.01. The molecule has 0 unspecified atom stereocenters. The summed E-state index contributed by atoms with van der Waals surface area (Å²) in [6.07, 6.45) is 1.44. The Bertz CT molecular complexity index is 572. The molecule has 0 saturated heterocycles. The number of thiophene rings is 1. The van der Waals surface area contributed by atoms with Crippen LogP contribution in [0.1, 0.15) is 10.6 Å². The Hall–Kier alpha value is -1.15. The number of rotatable bonds is 5. The largest absolute Gasteiger partial charge is 0.363 e. The van der Waals surface area contributed by atoms with Crippen LogP contribution < -0.4 is 10.5 Å². The van der Waals surface area contributed by atoms with E-state index in [1.54, 1.807) is 0 Å². The molecule has 2 aromatic heterocycles. The number of aromatic nitrogens is 1. The molecule has 4 N–H and O–H groups in total. The molecule has 2 heterocycles. The van der Waals surface area contributed by atoms with Crippen LogP contribution in [0, 0.1) is 0 Å². The Morgan fingerprint density at radius 1 is 1.47 bits per heavy atom. The van der Waals surface area contributed by atoms with E-state index in [1.165, 1.54) is 23.6 Å². The first-order valence-electron chi connectivity index (χ1n) is 5.01. The fourth-order valence-corrected chi connectivity index (χ4v) is 3.11. The predicted molar refractivity (Wildman–Crippen MR) is 67.0 cm³/mol. The number of aromatic amines is 1. The predicted octanol–water partition coefficient (Wildman–Crippen LogP) is 1.01. The van der Waals surface area contributed by atoms with E-state index in [0.29, 0.717) is 18.8 Å². The van der Waals surface area contributed by atoms with Crippen LogP contribution >= 0.6 is 11.3 Å². The molecule has 0 bridgehead atoms. The highest BCUT2D eigenvalue weighted by atomic mass is 32.2. The van der Waals surface area contributed by atoms with Crippen LogP contribution in [-0.4, -0.2) is 13.4 Å². The second-order valence-corrected chi connectivity index (χ2v) is 6.27. The van der Waals surface area contributed by atoms with Gasteiger partial charge in [-0.15, -0.1) is 11.3 Å². The first kappa shape index (κ1) is 12.3. The molecule has 0 aliphatic rings. The van der Waals surface area contributed by atoms with Crippen molar-refractivity contribution in [2.24, 2.45) is 5.73 Å². The van der Waals surface area contributed by atoms with Crippen LogP contribution in [0.15, 0.2) is 34.7 Å². The molecule has 17 heavy (non-hydrogen) atoms. The van der Waals surface area contributed by atoms with Gasteiger partial charge in [-0.1, -0.05) is 6.07 Å². The van der Waals surface area contributed by atoms with Crippen molar-refractivity contribution >= 4 is 21.4 Å². The second kappa shape index (κ2) is 5.01. The van der Waals surface area contributed by atoms with Crippen molar-refractivity contribution in [2.75, 3.05) is 0 Å². The monoisotopic (exact) mass is 271 g/mol. The number of sulfonamides is 1. The molecular weight excluding hydrogens is 258 g/mol. The fourth-order valence-electron chi connectivity index (χ4n) is 1.35. The van der Waals surface area contributed by atoms with Gasteiger partial charge in [0.2, 0.25) is 10.0 Å². The number of nitrogens with two attached hydrogens (primary N) is 1. The maximum atomic E-state index is 11.9. The average Bonchev–Trinajstić information content (AvgIpc) is 2.98. The Kier molecular flexibility index (Phi) is 3.63. The Labute approximate surface area is 104 Å². The highest BCUT2D eigenvalue weighted by Gasteiger charge is 2.15. The molecule has 0 aliphatic heterocycles. The summed E-state index contributed by atoms with van der Waals surface area (Å²) in [6.45, 7) is 0.601. The normalized spacial score (nSPS) is 11.8. The summed E-state index contributed by atoms with van der Waals surface area (Å²) in [5.74, 6) is 0. The van der Waals surface area contributed by atoms with E-state index in [9.17, 15) is 8.42 Å². The SMILES string of the molecule is NCc1cc(S(=O)(=O)NCc2cccs2)c[nH]1. The molecule has 0 fully saturated rings. The number of hydrogen-bond donors (Lipinski definition) is 3. The molecular formula is C10H13N3O2S2. The van der Waals surface area contributed by atoms with E-state index in [0.717, 1.165) is 4.88 Å². The van der Waals surface area contributed by atoms with Gasteiger partial charge in [-0.05, 0) is 17.5 Å². The fraction of sp³-hybridized carbons (Fsp3) is 0.200. The van der Waals surface area contributed by atoms with Gasteiger partial charge in [-0.2, -0.15) is 0 Å². The van der Waals surface area contributed by atoms with E-state index in [4.69, 9.17) is 5.73 Å². The van der Waals surface area contributed by atoms with Gasteiger partial charge in [0.25, 0.3) is 0 Å². The van der Waals surface area contributed by atoms with E-state index in [1.807, 2.05) is 17.5 Å². The lowest BCUT2D eigenvalue weighted by atomic mass is 10.4. The van der Waals surface area contributed by atoms with Crippen LogP contribution in [0.3, 0.4) is 0 Å². The number of hydrogen-bond acceptors (Lipinski definition) is 4. The Morgan fingerprint density at radius 2 is 2.29 bits per heavy atom. The molecule has 0 amide bonds. The van der Waals surface area contributed by atoms with Gasteiger partial charge < -0.3 is 10.7 Å². The second-order valence-electron chi connectivity index (χ2n) is 3.47. The zero-order valence-electron chi connectivity index (χ0n) is 9.01. The minimum absolute atomic E-state index is 0.217. The standard InChI is InChI=1S/C10H13N3O2S2/c11-5-8-4-10(7-12-8)17(14,15)13-6-9-2-1-3-16-9/h1-4,7,12-13H,5-6,11H2. The number of nitrogens with one attached hydrogen (secondary N) is 2. The van der Waals surface area contributed by atoms with Crippen molar-refractivity contribution in [2.45, 2.75) is 18.0 Å². The van der Waals surface area contributed by atoms with Crippen molar-refractivity contribution in [3.05, 3.63) is 40.3 Å². The highest BCUT2D eigenvalue weighted by molar-refractivity contribution is 7.89. The molecule has 0 atom stereocenters.